The van der Waals surface area contributed by atoms with E-state index >= 15 is 0 Å². The van der Waals surface area contributed by atoms with E-state index < -0.39 is 24.5 Å². The summed E-state index contributed by atoms with van der Waals surface area (Å²) in [6, 6.07) is 4.97. The number of aryl methyl sites for hydroxylation is 2. The summed E-state index contributed by atoms with van der Waals surface area (Å²) in [4.78, 5) is 37.2. The Kier molecular flexibility index (Phi) is 4.45. The Hall–Kier alpha value is -2.83. The number of benzene rings is 1. The first-order valence-corrected chi connectivity index (χ1v) is 6.69. The minimum Gasteiger partial charge on any atom is -0.451 e. The molecule has 2 rings (SSSR count). The maximum Gasteiger partial charge on any atom is 0.355 e. The zero-order chi connectivity index (χ0) is 16.3. The molecule has 0 radical (unpaired) electrons. The summed E-state index contributed by atoms with van der Waals surface area (Å²) in [5.41, 5.74) is 3.22. The highest BCUT2D eigenvalue weighted by Crippen LogP contribution is 2.21. The summed E-state index contributed by atoms with van der Waals surface area (Å²) in [6.07, 6.45) is 0. The Bertz CT molecular complexity index is 749. The highest BCUT2D eigenvalue weighted by Gasteiger charge is 2.15. The summed E-state index contributed by atoms with van der Waals surface area (Å²) in [5.74, 6) is -1.35. The van der Waals surface area contributed by atoms with Gasteiger partial charge in [-0.15, -0.1) is 0 Å². The average molecular weight is 303 g/mol. The van der Waals surface area contributed by atoms with Crippen molar-refractivity contribution in [1.29, 1.82) is 0 Å². The number of hydrogen-bond donors (Lipinski definition) is 3. The highest BCUT2D eigenvalue weighted by molar-refractivity contribution is 5.98. The molecule has 3 N–H and O–H groups in total. The Morgan fingerprint density at radius 2 is 1.91 bits per heavy atom. The molecular weight excluding hydrogens is 286 g/mol. The van der Waals surface area contributed by atoms with Crippen molar-refractivity contribution in [3.05, 3.63) is 35.0 Å². The zero-order valence-electron chi connectivity index (χ0n) is 12.6. The van der Waals surface area contributed by atoms with Gasteiger partial charge in [-0.05, 0) is 37.1 Å². The molecule has 1 heterocycles. The van der Waals surface area contributed by atoms with Crippen molar-refractivity contribution in [2.45, 2.75) is 13.8 Å². The SMILES string of the molecule is CNC(=O)NC(=O)COC(=O)c1cc2c(C)cc(C)cc2[nH]1. The van der Waals surface area contributed by atoms with Crippen LogP contribution < -0.4 is 10.6 Å². The van der Waals surface area contributed by atoms with Crippen LogP contribution in [0.1, 0.15) is 21.6 Å². The number of aromatic nitrogens is 1. The Morgan fingerprint density at radius 3 is 2.59 bits per heavy atom. The van der Waals surface area contributed by atoms with E-state index in [-0.39, 0.29) is 5.69 Å². The van der Waals surface area contributed by atoms with Gasteiger partial charge in [0, 0.05) is 18.0 Å². The van der Waals surface area contributed by atoms with Crippen LogP contribution in [0, 0.1) is 13.8 Å². The fourth-order valence-electron chi connectivity index (χ4n) is 2.14. The van der Waals surface area contributed by atoms with Crippen molar-refractivity contribution < 1.29 is 19.1 Å². The number of amides is 3. The third-order valence-corrected chi connectivity index (χ3v) is 3.12. The van der Waals surface area contributed by atoms with Crippen molar-refractivity contribution in [1.82, 2.24) is 15.6 Å². The largest absolute Gasteiger partial charge is 0.451 e. The van der Waals surface area contributed by atoms with E-state index in [1.54, 1.807) is 6.07 Å². The lowest BCUT2D eigenvalue weighted by atomic mass is 10.1. The van der Waals surface area contributed by atoms with Crippen molar-refractivity contribution in [3.8, 4) is 0 Å². The maximum atomic E-state index is 11.9. The summed E-state index contributed by atoms with van der Waals surface area (Å²) in [5, 5.41) is 5.15. The van der Waals surface area contributed by atoms with E-state index in [1.807, 2.05) is 31.3 Å². The molecule has 1 aromatic heterocycles. The van der Waals surface area contributed by atoms with Gasteiger partial charge in [-0.2, -0.15) is 0 Å². The molecule has 0 unspecified atom stereocenters. The summed E-state index contributed by atoms with van der Waals surface area (Å²) in [6.45, 7) is 3.39. The van der Waals surface area contributed by atoms with Gasteiger partial charge in [-0.1, -0.05) is 6.07 Å². The monoisotopic (exact) mass is 303 g/mol. The van der Waals surface area contributed by atoms with E-state index in [4.69, 9.17) is 4.74 Å². The Morgan fingerprint density at radius 1 is 1.18 bits per heavy atom. The molecule has 0 aliphatic carbocycles. The minimum absolute atomic E-state index is 0.261. The van der Waals surface area contributed by atoms with Gasteiger partial charge in [0.2, 0.25) is 0 Å². The van der Waals surface area contributed by atoms with Gasteiger partial charge in [0.25, 0.3) is 5.91 Å². The first-order chi connectivity index (χ1) is 10.4. The third kappa shape index (κ3) is 3.43. The van der Waals surface area contributed by atoms with Crippen molar-refractivity contribution in [2.75, 3.05) is 13.7 Å². The minimum atomic E-state index is -0.698. The molecule has 2 aromatic rings. The van der Waals surface area contributed by atoms with E-state index in [9.17, 15) is 14.4 Å². The second-order valence-corrected chi connectivity index (χ2v) is 4.93. The number of aromatic amines is 1. The molecule has 7 heteroatoms. The summed E-state index contributed by atoms with van der Waals surface area (Å²) in [7, 11) is 1.38. The smallest absolute Gasteiger partial charge is 0.355 e. The van der Waals surface area contributed by atoms with Gasteiger partial charge in [-0.25, -0.2) is 9.59 Å². The quantitative estimate of drug-likeness (QED) is 0.746. The molecule has 0 fully saturated rings. The number of carbonyl (C=O) groups excluding carboxylic acids is 3. The lowest BCUT2D eigenvalue weighted by molar-refractivity contribution is -0.123. The second-order valence-electron chi connectivity index (χ2n) is 4.93. The number of urea groups is 1. The molecule has 1 aromatic carbocycles. The average Bonchev–Trinajstić information content (AvgIpc) is 2.88. The van der Waals surface area contributed by atoms with Gasteiger partial charge < -0.3 is 15.0 Å². The van der Waals surface area contributed by atoms with Crippen molar-refractivity contribution >= 4 is 28.8 Å². The Balaban J connectivity index is 2.06. The third-order valence-electron chi connectivity index (χ3n) is 3.12. The number of fused-ring (bicyclic) bond motifs is 1. The van der Waals surface area contributed by atoms with Crippen LogP contribution in [-0.2, 0) is 9.53 Å². The lowest BCUT2D eigenvalue weighted by Gasteiger charge is -2.04. The number of nitrogens with one attached hydrogen (secondary N) is 3. The molecule has 0 atom stereocenters. The normalized spacial score (nSPS) is 10.3. The fourth-order valence-corrected chi connectivity index (χ4v) is 2.14. The van der Waals surface area contributed by atoms with Crippen LogP contribution in [0.15, 0.2) is 18.2 Å². The van der Waals surface area contributed by atoms with Gasteiger partial charge in [0.15, 0.2) is 6.61 Å². The van der Waals surface area contributed by atoms with Crippen LogP contribution in [0.3, 0.4) is 0 Å². The zero-order valence-corrected chi connectivity index (χ0v) is 12.6. The molecule has 0 aliphatic rings. The number of H-pyrrole nitrogens is 1. The maximum absolute atomic E-state index is 11.9. The van der Waals surface area contributed by atoms with E-state index in [0.717, 1.165) is 22.0 Å². The van der Waals surface area contributed by atoms with Gasteiger partial charge in [-0.3, -0.25) is 10.1 Å². The van der Waals surface area contributed by atoms with Crippen LogP contribution in [0.5, 0.6) is 0 Å². The van der Waals surface area contributed by atoms with Crippen molar-refractivity contribution in [2.24, 2.45) is 0 Å². The van der Waals surface area contributed by atoms with Gasteiger partial charge >= 0.3 is 12.0 Å². The summed E-state index contributed by atoms with van der Waals surface area (Å²) < 4.78 is 4.87. The van der Waals surface area contributed by atoms with Crippen LogP contribution in [0.2, 0.25) is 0 Å². The molecular formula is C15H17N3O4. The van der Waals surface area contributed by atoms with Crippen LogP contribution in [0.25, 0.3) is 10.9 Å². The molecule has 0 bridgehead atoms. The Labute approximate surface area is 127 Å². The number of esters is 1. The predicted molar refractivity (Wildman–Crippen MR) is 80.7 cm³/mol. The second kappa shape index (κ2) is 6.30. The number of imide groups is 1. The van der Waals surface area contributed by atoms with E-state index in [1.165, 1.54) is 7.05 Å². The number of rotatable bonds is 3. The van der Waals surface area contributed by atoms with Gasteiger partial charge in [0.05, 0.1) is 0 Å². The van der Waals surface area contributed by atoms with Gasteiger partial charge in [0.1, 0.15) is 5.69 Å². The van der Waals surface area contributed by atoms with Crippen molar-refractivity contribution in [3.63, 3.8) is 0 Å². The first-order valence-electron chi connectivity index (χ1n) is 6.69. The molecule has 0 saturated heterocycles. The van der Waals surface area contributed by atoms with E-state index in [0.29, 0.717) is 0 Å². The molecule has 116 valence electrons. The molecule has 0 spiro atoms. The number of carbonyl (C=O) groups is 3. The molecule has 0 aliphatic heterocycles. The van der Waals surface area contributed by atoms with Crippen LogP contribution in [0.4, 0.5) is 4.79 Å². The highest BCUT2D eigenvalue weighted by atomic mass is 16.5. The molecule has 7 nitrogen and oxygen atoms in total. The predicted octanol–water partition coefficient (Wildman–Crippen LogP) is 1.40. The lowest BCUT2D eigenvalue weighted by Crippen LogP contribution is -2.39. The molecule has 3 amide bonds. The summed E-state index contributed by atoms with van der Waals surface area (Å²) >= 11 is 0. The first kappa shape index (κ1) is 15.6. The number of ether oxygens (including phenoxy) is 1. The number of hydrogen-bond acceptors (Lipinski definition) is 4. The van der Waals surface area contributed by atoms with Crippen LogP contribution >= 0.6 is 0 Å². The van der Waals surface area contributed by atoms with Crippen LogP contribution in [-0.4, -0.2) is 36.5 Å². The molecule has 0 saturated carbocycles. The van der Waals surface area contributed by atoms with E-state index in [2.05, 4.69) is 10.3 Å². The topological polar surface area (TPSA) is 100 Å². The fraction of sp³-hybridized carbons (Fsp3) is 0.267. The molecule has 22 heavy (non-hydrogen) atoms. The standard InChI is InChI=1S/C15H17N3O4/c1-8-4-9(2)10-6-12(17-11(10)5-8)14(20)22-7-13(19)18-15(21)16-3/h4-6,17H,7H2,1-3H3,(H2,16,18,19,21).